The minimum absolute atomic E-state index is 0.0647. The fourth-order valence-corrected chi connectivity index (χ4v) is 5.14. The molecule has 7 heteroatoms. The number of ether oxygens (including phenoxy) is 1. The number of carbonyl (C=O) groups is 2. The number of rotatable bonds is 6. The van der Waals surface area contributed by atoms with E-state index in [2.05, 4.69) is 0 Å². The second-order valence-corrected chi connectivity index (χ2v) is 10.0. The molecular formula is C27H32ClFN2O3. The summed E-state index contributed by atoms with van der Waals surface area (Å²) < 4.78 is 20.5. The highest BCUT2D eigenvalue weighted by Gasteiger charge is 2.41. The van der Waals surface area contributed by atoms with Gasteiger partial charge < -0.3 is 14.5 Å². The fraction of sp³-hybridized carbons (Fsp3) is 0.481. The van der Waals surface area contributed by atoms with Gasteiger partial charge in [0.15, 0.2) is 0 Å². The van der Waals surface area contributed by atoms with Crippen molar-refractivity contribution in [3.05, 3.63) is 64.4 Å². The first-order chi connectivity index (χ1) is 16.4. The van der Waals surface area contributed by atoms with Crippen LogP contribution in [-0.2, 0) is 4.79 Å². The van der Waals surface area contributed by atoms with Gasteiger partial charge in [0.2, 0.25) is 5.91 Å². The van der Waals surface area contributed by atoms with Crippen LogP contribution in [0.25, 0.3) is 0 Å². The lowest BCUT2D eigenvalue weighted by Crippen LogP contribution is -2.51. The highest BCUT2D eigenvalue weighted by Crippen LogP contribution is 2.36. The molecule has 34 heavy (non-hydrogen) atoms. The van der Waals surface area contributed by atoms with Gasteiger partial charge in [-0.15, -0.1) is 0 Å². The molecule has 2 aliphatic rings. The van der Waals surface area contributed by atoms with E-state index >= 15 is 0 Å². The number of hydrogen-bond donors (Lipinski definition) is 0. The Kier molecular flexibility index (Phi) is 7.77. The molecule has 0 aliphatic carbocycles. The van der Waals surface area contributed by atoms with Gasteiger partial charge in [-0.25, -0.2) is 4.39 Å². The molecule has 2 aromatic carbocycles. The number of likely N-dealkylation sites (tertiary alicyclic amines) is 2. The third kappa shape index (κ3) is 5.72. The lowest BCUT2D eigenvalue weighted by molar-refractivity contribution is -0.136. The summed E-state index contributed by atoms with van der Waals surface area (Å²) in [5, 5.41) is 0.668. The Hall–Kier alpha value is -2.60. The maximum absolute atomic E-state index is 14.3. The smallest absolute Gasteiger partial charge is 0.256 e. The Morgan fingerprint density at radius 1 is 1.03 bits per heavy atom. The Morgan fingerprint density at radius 2 is 1.76 bits per heavy atom. The van der Waals surface area contributed by atoms with Gasteiger partial charge in [-0.2, -0.15) is 0 Å². The Bertz CT molecular complexity index is 1040. The molecule has 182 valence electrons. The van der Waals surface area contributed by atoms with Crippen LogP contribution in [0, 0.1) is 18.2 Å². The number of halogens is 2. The molecule has 4 rings (SSSR count). The largest absolute Gasteiger partial charge is 0.493 e. The zero-order chi connectivity index (χ0) is 24.1. The van der Waals surface area contributed by atoms with Crippen LogP contribution >= 0.6 is 11.6 Å². The molecule has 0 spiro atoms. The van der Waals surface area contributed by atoms with Crippen molar-refractivity contribution in [1.82, 2.24) is 9.80 Å². The fourth-order valence-electron chi connectivity index (χ4n) is 5.02. The second kappa shape index (κ2) is 10.8. The lowest BCUT2D eigenvalue weighted by Gasteiger charge is -2.43. The van der Waals surface area contributed by atoms with E-state index in [1.54, 1.807) is 23.1 Å². The maximum atomic E-state index is 14.3. The van der Waals surface area contributed by atoms with E-state index in [0.717, 1.165) is 50.8 Å². The summed E-state index contributed by atoms with van der Waals surface area (Å²) in [6.07, 6.45) is 5.00. The molecule has 5 nitrogen and oxygen atoms in total. The molecule has 0 saturated carbocycles. The van der Waals surface area contributed by atoms with Crippen LogP contribution < -0.4 is 4.74 Å². The standard InChI is InChI=1S/C27H32ClFN2O3/c1-20-16-21(10-11-23(20)28)34-19-27(17-25(32)30-13-5-2-6-14-30)12-7-15-31(18-27)26(33)22-8-3-4-9-24(22)29/h3-4,8-11,16H,2,5-7,12-15,17-19H2,1H3/t27-/m1/s1. The van der Waals surface area contributed by atoms with Crippen LogP contribution in [0.4, 0.5) is 4.39 Å². The quantitative estimate of drug-likeness (QED) is 0.542. The number of nitrogens with zero attached hydrogens (tertiary/aromatic N) is 2. The number of piperidine rings is 2. The molecule has 1 atom stereocenters. The van der Waals surface area contributed by atoms with Gasteiger partial charge >= 0.3 is 0 Å². The van der Waals surface area contributed by atoms with Crippen LogP contribution in [0.15, 0.2) is 42.5 Å². The van der Waals surface area contributed by atoms with E-state index in [4.69, 9.17) is 16.3 Å². The zero-order valence-corrected chi connectivity index (χ0v) is 20.5. The van der Waals surface area contributed by atoms with Gasteiger partial charge in [0, 0.05) is 43.0 Å². The van der Waals surface area contributed by atoms with E-state index in [9.17, 15) is 14.0 Å². The number of hydrogen-bond acceptors (Lipinski definition) is 3. The summed E-state index contributed by atoms with van der Waals surface area (Å²) in [6.45, 7) is 4.67. The van der Waals surface area contributed by atoms with E-state index in [1.165, 1.54) is 12.1 Å². The first-order valence-corrected chi connectivity index (χ1v) is 12.5. The predicted octanol–water partition coefficient (Wildman–Crippen LogP) is 5.49. The third-order valence-electron chi connectivity index (χ3n) is 6.96. The Balaban J connectivity index is 1.55. The van der Waals surface area contributed by atoms with Crippen LogP contribution in [0.1, 0.15) is 54.4 Å². The number of amides is 2. The van der Waals surface area contributed by atoms with Crippen molar-refractivity contribution in [3.8, 4) is 5.75 Å². The molecule has 2 aromatic rings. The first kappa shape index (κ1) is 24.5. The summed E-state index contributed by atoms with van der Waals surface area (Å²) in [6, 6.07) is 11.6. The van der Waals surface area contributed by atoms with Crippen molar-refractivity contribution in [3.63, 3.8) is 0 Å². The number of benzene rings is 2. The molecule has 0 bridgehead atoms. The van der Waals surface area contributed by atoms with Crippen LogP contribution in [0.2, 0.25) is 5.02 Å². The maximum Gasteiger partial charge on any atom is 0.256 e. The second-order valence-electron chi connectivity index (χ2n) is 9.63. The predicted molar refractivity (Wildman–Crippen MR) is 131 cm³/mol. The molecule has 2 aliphatic heterocycles. The topological polar surface area (TPSA) is 49.9 Å². The molecular weight excluding hydrogens is 455 g/mol. The summed E-state index contributed by atoms with van der Waals surface area (Å²) >= 11 is 6.16. The highest BCUT2D eigenvalue weighted by molar-refractivity contribution is 6.31. The van der Waals surface area contributed by atoms with Gasteiger partial charge in [-0.1, -0.05) is 23.7 Å². The van der Waals surface area contributed by atoms with Gasteiger partial charge in [0.1, 0.15) is 11.6 Å². The van der Waals surface area contributed by atoms with Crippen LogP contribution in [0.5, 0.6) is 5.75 Å². The summed E-state index contributed by atoms with van der Waals surface area (Å²) in [7, 11) is 0. The van der Waals surface area contributed by atoms with Gasteiger partial charge in [-0.05, 0) is 74.9 Å². The minimum Gasteiger partial charge on any atom is -0.493 e. The van der Waals surface area contributed by atoms with Crippen molar-refractivity contribution in [1.29, 1.82) is 0 Å². The zero-order valence-electron chi connectivity index (χ0n) is 19.7. The number of aryl methyl sites for hydroxylation is 1. The van der Waals surface area contributed by atoms with E-state index in [0.29, 0.717) is 36.9 Å². The SMILES string of the molecule is Cc1cc(OC[C@@]2(CC(=O)N3CCCCC3)CCCN(C(=O)c3ccccc3F)C2)ccc1Cl. The lowest BCUT2D eigenvalue weighted by atomic mass is 9.77. The molecule has 2 amide bonds. The minimum atomic E-state index is -0.540. The van der Waals surface area contributed by atoms with Crippen LogP contribution in [-0.4, -0.2) is 54.4 Å². The average molecular weight is 487 g/mol. The van der Waals surface area contributed by atoms with Gasteiger partial charge in [0.25, 0.3) is 5.91 Å². The number of carbonyl (C=O) groups excluding carboxylic acids is 2. The first-order valence-electron chi connectivity index (χ1n) is 12.1. The van der Waals surface area contributed by atoms with Gasteiger partial charge in [-0.3, -0.25) is 9.59 Å². The summed E-state index contributed by atoms with van der Waals surface area (Å²) in [4.78, 5) is 30.1. The molecule has 0 unspecified atom stereocenters. The van der Waals surface area contributed by atoms with Crippen molar-refractivity contribution >= 4 is 23.4 Å². The molecule has 0 N–H and O–H groups in total. The third-order valence-corrected chi connectivity index (χ3v) is 7.39. The molecule has 0 aromatic heterocycles. The van der Waals surface area contributed by atoms with Crippen molar-refractivity contribution in [2.24, 2.45) is 5.41 Å². The van der Waals surface area contributed by atoms with E-state index < -0.39 is 11.2 Å². The van der Waals surface area contributed by atoms with Gasteiger partial charge in [0.05, 0.1) is 12.2 Å². The molecule has 2 saturated heterocycles. The molecule has 2 heterocycles. The van der Waals surface area contributed by atoms with Crippen molar-refractivity contribution in [2.45, 2.75) is 45.4 Å². The van der Waals surface area contributed by atoms with Crippen molar-refractivity contribution < 1.29 is 18.7 Å². The normalized spacial score (nSPS) is 20.8. The summed E-state index contributed by atoms with van der Waals surface area (Å²) in [5.41, 5.74) is 0.439. The Morgan fingerprint density at radius 3 is 2.50 bits per heavy atom. The summed E-state index contributed by atoms with van der Waals surface area (Å²) in [5.74, 6) is -0.0732. The Labute approximate surface area is 205 Å². The molecule has 2 fully saturated rings. The monoisotopic (exact) mass is 486 g/mol. The van der Waals surface area contributed by atoms with E-state index in [1.807, 2.05) is 24.0 Å². The van der Waals surface area contributed by atoms with Crippen molar-refractivity contribution in [2.75, 3.05) is 32.8 Å². The molecule has 0 radical (unpaired) electrons. The highest BCUT2D eigenvalue weighted by atomic mass is 35.5. The van der Waals surface area contributed by atoms with Crippen LogP contribution in [0.3, 0.4) is 0 Å². The average Bonchev–Trinajstić information content (AvgIpc) is 2.85. The van der Waals surface area contributed by atoms with E-state index in [-0.39, 0.29) is 17.4 Å².